The molecule has 0 aliphatic carbocycles. The highest BCUT2D eigenvalue weighted by molar-refractivity contribution is 6.21. The van der Waals surface area contributed by atoms with Gasteiger partial charge in [0.2, 0.25) is 0 Å². The van der Waals surface area contributed by atoms with Crippen molar-refractivity contribution < 1.29 is 63.3 Å². The molecule has 2 aromatic carbocycles. The number of hydrogen-bond acceptors (Lipinski definition) is 13. The number of esters is 1. The lowest BCUT2D eigenvalue weighted by molar-refractivity contribution is -0.160. The second-order valence-corrected chi connectivity index (χ2v) is 15.8. The van der Waals surface area contributed by atoms with Crippen LogP contribution in [0.1, 0.15) is 78.2 Å². The fourth-order valence-corrected chi connectivity index (χ4v) is 7.28. The number of ether oxygens (including phenoxy) is 5. The number of carbonyl (C=O) groups is 4. The van der Waals surface area contributed by atoms with Gasteiger partial charge in [0.1, 0.15) is 23.4 Å². The number of nitrogens with one attached hydrogen (secondary N) is 1. The summed E-state index contributed by atoms with van der Waals surface area (Å²) in [7, 11) is 3.04. The summed E-state index contributed by atoms with van der Waals surface area (Å²) in [4.78, 5) is 54.8. The van der Waals surface area contributed by atoms with E-state index in [4.69, 9.17) is 23.7 Å². The number of fused-ring (bicyclic) bond motifs is 14. The molecule has 58 heavy (non-hydrogen) atoms. The Labute approximate surface area is 339 Å². The predicted molar refractivity (Wildman–Crippen MR) is 216 cm³/mol. The van der Waals surface area contributed by atoms with E-state index in [9.17, 15) is 39.6 Å². The zero-order valence-corrected chi connectivity index (χ0v) is 35.3. The number of aliphatic hydroxyl groups is 2. The van der Waals surface area contributed by atoms with Crippen LogP contribution >= 0.6 is 0 Å². The molecule has 9 atom stereocenters. The van der Waals surface area contributed by atoms with Crippen LogP contribution in [0.25, 0.3) is 10.8 Å². The first-order chi connectivity index (χ1) is 27.1. The topological polar surface area (TPSA) is 211 Å². The highest BCUT2D eigenvalue weighted by Gasteiger charge is 2.49. The molecule has 15 heteroatoms. The number of nitrogens with zero attached hydrogens (tertiary/aromatic N) is 1. The van der Waals surface area contributed by atoms with Crippen LogP contribution in [-0.2, 0) is 28.6 Å². The smallest absolute Gasteiger partial charge is 0.312 e. The van der Waals surface area contributed by atoms with E-state index in [2.05, 4.69) is 5.32 Å². The molecule has 5 bridgehead atoms. The largest absolute Gasteiger partial charge is 0.507 e. The zero-order chi connectivity index (χ0) is 43.5. The van der Waals surface area contributed by atoms with Gasteiger partial charge in [-0.1, -0.05) is 45.9 Å². The highest BCUT2D eigenvalue weighted by atomic mass is 16.7. The third kappa shape index (κ3) is 9.11. The van der Waals surface area contributed by atoms with Crippen molar-refractivity contribution in [3.63, 3.8) is 0 Å². The van der Waals surface area contributed by atoms with Crippen molar-refractivity contribution in [2.75, 3.05) is 26.1 Å². The lowest BCUT2D eigenvalue weighted by Gasteiger charge is -2.38. The maximum Gasteiger partial charge on any atom is 0.312 e. The standard InChI is InChI=1S/C43H58N2O13/c1-20(2)45(11)31(47)19-55-30-18-28-38(51)33-32(30)34-40(26(8)37(33)50)58-43(10,41(34)52)56-17-16-29(54-12)23(5)39(57-27(9)46)25(7)36(49)24(6)35(48)21(3)14-13-15-22(4)42(53)44-28/h13-18,20-21,23-25,29,35-36,39,48-51H,19H2,1-12H3,(H,44,53). The summed E-state index contributed by atoms with van der Waals surface area (Å²) >= 11 is 0. The number of methoxy groups -OCH3 is 1. The number of Topliss-reactive ketones (excluding diaryl/α,β-unsaturated/α-hetero) is 1. The van der Waals surface area contributed by atoms with Gasteiger partial charge >= 0.3 is 11.8 Å². The fraction of sp³-hybridized carbons (Fsp3) is 0.535. The zero-order valence-electron chi connectivity index (χ0n) is 35.3. The molecule has 3 heterocycles. The van der Waals surface area contributed by atoms with Crippen molar-refractivity contribution in [3.8, 4) is 23.0 Å². The van der Waals surface area contributed by atoms with E-state index < -0.39 is 95.5 Å². The van der Waals surface area contributed by atoms with E-state index in [1.807, 2.05) is 13.8 Å². The molecule has 2 aromatic rings. The monoisotopic (exact) mass is 810 g/mol. The Hall–Kier alpha value is -5.12. The molecule has 0 saturated heterocycles. The minimum Gasteiger partial charge on any atom is -0.507 e. The molecule has 3 aliphatic rings. The molecular weight excluding hydrogens is 752 g/mol. The lowest BCUT2D eigenvalue weighted by Crippen LogP contribution is -2.46. The first kappa shape index (κ1) is 45.6. The minimum absolute atomic E-state index is 0.0615. The number of allylic oxidation sites excluding steroid dienone is 2. The number of aromatic hydroxyl groups is 2. The minimum atomic E-state index is -2.02. The summed E-state index contributed by atoms with van der Waals surface area (Å²) < 4.78 is 29.7. The van der Waals surface area contributed by atoms with Crippen LogP contribution in [0.15, 0.2) is 42.2 Å². The quantitative estimate of drug-likeness (QED) is 0.186. The number of rotatable bonds is 6. The molecule has 15 nitrogen and oxygen atoms in total. The van der Waals surface area contributed by atoms with Crippen LogP contribution in [-0.4, -0.2) is 106 Å². The molecule has 0 radical (unpaired) electrons. The molecule has 0 fully saturated rings. The summed E-state index contributed by atoms with van der Waals surface area (Å²) in [6, 6.07) is 1.10. The van der Waals surface area contributed by atoms with Crippen molar-refractivity contribution in [1.82, 2.24) is 4.90 Å². The third-order valence-electron chi connectivity index (χ3n) is 11.3. The van der Waals surface area contributed by atoms with Crippen molar-refractivity contribution in [2.45, 2.75) is 105 Å². The molecule has 0 spiro atoms. The van der Waals surface area contributed by atoms with Crippen LogP contribution in [0.3, 0.4) is 0 Å². The number of likely N-dealkylation sites (N-methyl/N-ethyl adjacent to an activating group) is 1. The Balaban J connectivity index is 1.94. The number of anilines is 1. The molecule has 318 valence electrons. The molecule has 5 rings (SSSR count). The van der Waals surface area contributed by atoms with E-state index in [0.29, 0.717) is 0 Å². The molecule has 2 amide bonds. The first-order valence-corrected chi connectivity index (χ1v) is 19.3. The number of amides is 2. The second kappa shape index (κ2) is 18.2. The molecule has 0 saturated carbocycles. The van der Waals surface area contributed by atoms with Gasteiger partial charge in [-0.3, -0.25) is 19.2 Å². The summed E-state index contributed by atoms with van der Waals surface area (Å²) in [6.07, 6.45) is 3.58. The maximum atomic E-state index is 14.4. The van der Waals surface area contributed by atoms with Gasteiger partial charge in [-0.25, -0.2) is 0 Å². The van der Waals surface area contributed by atoms with Crippen LogP contribution in [0.4, 0.5) is 5.69 Å². The van der Waals surface area contributed by atoms with E-state index in [1.165, 1.54) is 64.2 Å². The van der Waals surface area contributed by atoms with Gasteiger partial charge in [0.05, 0.1) is 41.2 Å². The molecule has 0 aromatic heterocycles. The third-order valence-corrected chi connectivity index (χ3v) is 11.3. The maximum absolute atomic E-state index is 14.4. The fourth-order valence-electron chi connectivity index (χ4n) is 7.28. The Morgan fingerprint density at radius 2 is 1.64 bits per heavy atom. The summed E-state index contributed by atoms with van der Waals surface area (Å²) in [6.45, 7) is 15.7. The van der Waals surface area contributed by atoms with E-state index in [0.717, 1.165) is 0 Å². The number of carbonyl (C=O) groups excluding carboxylic acids is 4. The average molecular weight is 811 g/mol. The summed E-state index contributed by atoms with van der Waals surface area (Å²) in [5.74, 6) is -8.09. The summed E-state index contributed by atoms with van der Waals surface area (Å²) in [5, 5.41) is 48.3. The number of benzene rings is 2. The van der Waals surface area contributed by atoms with Gasteiger partial charge < -0.3 is 54.3 Å². The lowest BCUT2D eigenvalue weighted by atomic mass is 9.78. The van der Waals surface area contributed by atoms with Crippen molar-refractivity contribution in [3.05, 3.63) is 53.3 Å². The second-order valence-electron chi connectivity index (χ2n) is 15.8. The van der Waals surface area contributed by atoms with E-state index in [1.54, 1.807) is 46.9 Å². The molecule has 3 aliphatic heterocycles. The van der Waals surface area contributed by atoms with Gasteiger partial charge in [0.25, 0.3) is 17.6 Å². The number of aliphatic hydroxyl groups excluding tert-OH is 2. The Bertz CT molecular complexity index is 2010. The van der Waals surface area contributed by atoms with Crippen molar-refractivity contribution in [1.29, 1.82) is 0 Å². The molecule has 5 N–H and O–H groups in total. The van der Waals surface area contributed by atoms with Gasteiger partial charge in [0, 0.05) is 80.3 Å². The number of ketones is 1. The van der Waals surface area contributed by atoms with Crippen molar-refractivity contribution >= 4 is 40.0 Å². The predicted octanol–water partition coefficient (Wildman–Crippen LogP) is 5.29. The van der Waals surface area contributed by atoms with E-state index >= 15 is 0 Å². The Morgan fingerprint density at radius 1 is 0.983 bits per heavy atom. The molecular formula is C43H58N2O13. The van der Waals surface area contributed by atoms with Crippen LogP contribution in [0.5, 0.6) is 23.0 Å². The Morgan fingerprint density at radius 3 is 2.24 bits per heavy atom. The highest BCUT2D eigenvalue weighted by Crippen LogP contribution is 2.54. The van der Waals surface area contributed by atoms with Crippen LogP contribution < -0.4 is 14.8 Å². The summed E-state index contributed by atoms with van der Waals surface area (Å²) in [5.41, 5.74) is -0.0251. The first-order valence-electron chi connectivity index (χ1n) is 19.3. The Kier molecular flexibility index (Phi) is 14.3. The van der Waals surface area contributed by atoms with E-state index in [-0.39, 0.29) is 50.7 Å². The number of phenols is 2. The molecule has 9 unspecified atom stereocenters. The van der Waals surface area contributed by atoms with Gasteiger partial charge in [0.15, 0.2) is 12.4 Å². The van der Waals surface area contributed by atoms with Gasteiger partial charge in [-0.05, 0) is 33.8 Å². The van der Waals surface area contributed by atoms with Gasteiger partial charge in [-0.15, -0.1) is 0 Å². The van der Waals surface area contributed by atoms with Crippen LogP contribution in [0, 0.1) is 30.6 Å². The van der Waals surface area contributed by atoms with Crippen molar-refractivity contribution in [2.24, 2.45) is 23.7 Å². The number of hydrogen-bond donors (Lipinski definition) is 5. The number of phenolic OH excluding ortho intramolecular Hbond substituents is 2. The van der Waals surface area contributed by atoms with Gasteiger partial charge in [-0.2, -0.15) is 0 Å². The van der Waals surface area contributed by atoms with Crippen LogP contribution in [0.2, 0.25) is 0 Å². The normalized spacial score (nSPS) is 28.2. The SMILES string of the molecule is COC1C=COC2(C)Oc3c(C)c(O)c4c(O)c(cc(OCC(=O)N(C)C(C)C)c4c3C2=O)NC(=O)C(C)=CC=CC(C)C(O)C(C)C(O)C(C)C(OC(C)=O)C1C. The average Bonchev–Trinajstić information content (AvgIpc) is 3.44.